The lowest BCUT2D eigenvalue weighted by atomic mass is 10.2. The number of hydrogen-bond acceptors (Lipinski definition) is 4. The van der Waals surface area contributed by atoms with Crippen LogP contribution in [0.15, 0.2) is 84.0 Å². The van der Waals surface area contributed by atoms with Gasteiger partial charge in [0.1, 0.15) is 5.52 Å². The highest BCUT2D eigenvalue weighted by Crippen LogP contribution is 2.30. The SMILES string of the molecule is [C-]#[N+]c1ccccc1CSc1nnc2c3ccccc3n(Cc3ccccc3)c2n1. The molecule has 30 heavy (non-hydrogen) atoms. The van der Waals surface area contributed by atoms with Gasteiger partial charge < -0.3 is 4.57 Å². The molecular formula is C24H17N5S. The molecule has 0 saturated heterocycles. The maximum absolute atomic E-state index is 7.34. The second-order valence-corrected chi connectivity index (χ2v) is 7.83. The third kappa shape index (κ3) is 3.40. The molecule has 0 aliphatic carbocycles. The molecule has 0 atom stereocenters. The molecule has 3 aromatic carbocycles. The minimum Gasteiger partial charge on any atom is -0.319 e. The highest BCUT2D eigenvalue weighted by Gasteiger charge is 2.15. The summed E-state index contributed by atoms with van der Waals surface area (Å²) >= 11 is 1.50. The van der Waals surface area contributed by atoms with Crippen LogP contribution in [-0.2, 0) is 12.3 Å². The van der Waals surface area contributed by atoms with E-state index in [4.69, 9.17) is 11.6 Å². The average Bonchev–Trinajstić information content (AvgIpc) is 3.11. The van der Waals surface area contributed by atoms with Crippen molar-refractivity contribution >= 4 is 39.5 Å². The van der Waals surface area contributed by atoms with E-state index in [9.17, 15) is 0 Å². The molecule has 0 spiro atoms. The zero-order valence-corrected chi connectivity index (χ0v) is 16.9. The standard InChI is InChI=1S/C24H17N5S/c1-25-20-13-7-5-11-18(20)16-30-24-26-23-22(27-28-24)19-12-6-8-14-21(19)29(23)15-17-9-3-2-4-10-17/h2-14H,15-16H2. The normalized spacial score (nSPS) is 11.0. The lowest BCUT2D eigenvalue weighted by Crippen LogP contribution is -2.02. The van der Waals surface area contributed by atoms with Gasteiger partial charge >= 0.3 is 0 Å². The van der Waals surface area contributed by atoms with Crippen LogP contribution in [-0.4, -0.2) is 19.7 Å². The summed E-state index contributed by atoms with van der Waals surface area (Å²) in [4.78, 5) is 8.45. The van der Waals surface area contributed by atoms with Crippen molar-refractivity contribution in [2.75, 3.05) is 0 Å². The molecule has 6 heteroatoms. The van der Waals surface area contributed by atoms with Crippen molar-refractivity contribution in [2.45, 2.75) is 17.5 Å². The smallest absolute Gasteiger partial charge is 0.211 e. The van der Waals surface area contributed by atoms with E-state index in [1.165, 1.54) is 17.3 Å². The van der Waals surface area contributed by atoms with Crippen LogP contribution in [0.4, 0.5) is 5.69 Å². The summed E-state index contributed by atoms with van der Waals surface area (Å²) in [5.41, 5.74) is 5.59. The van der Waals surface area contributed by atoms with Gasteiger partial charge in [-0.2, -0.15) is 0 Å². The van der Waals surface area contributed by atoms with Crippen molar-refractivity contribution in [3.63, 3.8) is 0 Å². The summed E-state index contributed by atoms with van der Waals surface area (Å²) in [6.45, 7) is 8.06. The van der Waals surface area contributed by atoms with Crippen molar-refractivity contribution in [3.8, 4) is 0 Å². The van der Waals surface area contributed by atoms with Gasteiger partial charge in [-0.3, -0.25) is 0 Å². The molecule has 0 aliphatic heterocycles. The number of para-hydroxylation sites is 2. The number of benzene rings is 3. The molecule has 144 valence electrons. The molecule has 0 fully saturated rings. The molecular weight excluding hydrogens is 390 g/mol. The topological polar surface area (TPSA) is 48.0 Å². The first-order valence-electron chi connectivity index (χ1n) is 9.57. The van der Waals surface area contributed by atoms with Crippen LogP contribution >= 0.6 is 11.8 Å². The molecule has 5 aromatic rings. The Balaban J connectivity index is 1.55. The van der Waals surface area contributed by atoms with E-state index < -0.39 is 0 Å². The zero-order chi connectivity index (χ0) is 20.3. The molecule has 2 aromatic heterocycles. The lowest BCUT2D eigenvalue weighted by Gasteiger charge is -2.07. The first kappa shape index (κ1) is 18.3. The Kier molecular flexibility index (Phi) is 4.88. The summed E-state index contributed by atoms with van der Waals surface area (Å²) in [5, 5.41) is 10.5. The van der Waals surface area contributed by atoms with Crippen LogP contribution in [0.2, 0.25) is 0 Å². The minimum atomic E-state index is 0.611. The number of aromatic nitrogens is 4. The van der Waals surface area contributed by atoms with Gasteiger partial charge in [0, 0.05) is 17.7 Å². The Morgan fingerprint density at radius 2 is 1.63 bits per heavy atom. The Morgan fingerprint density at radius 1 is 0.867 bits per heavy atom. The van der Waals surface area contributed by atoms with E-state index in [-0.39, 0.29) is 0 Å². The predicted molar refractivity (Wildman–Crippen MR) is 121 cm³/mol. The van der Waals surface area contributed by atoms with Crippen molar-refractivity contribution in [1.82, 2.24) is 19.7 Å². The van der Waals surface area contributed by atoms with Crippen LogP contribution in [0.25, 0.3) is 26.9 Å². The second kappa shape index (κ2) is 7.97. The summed E-state index contributed by atoms with van der Waals surface area (Å²) in [6, 6.07) is 26.2. The fourth-order valence-corrected chi connectivity index (χ4v) is 4.34. The third-order valence-electron chi connectivity index (χ3n) is 5.01. The van der Waals surface area contributed by atoms with Crippen LogP contribution in [0.3, 0.4) is 0 Å². The summed E-state index contributed by atoms with van der Waals surface area (Å²) in [6.07, 6.45) is 0. The Labute approximate surface area is 178 Å². The fourth-order valence-electron chi connectivity index (χ4n) is 3.56. The van der Waals surface area contributed by atoms with Crippen LogP contribution in [0.1, 0.15) is 11.1 Å². The van der Waals surface area contributed by atoms with E-state index in [0.29, 0.717) is 23.1 Å². The maximum Gasteiger partial charge on any atom is 0.211 e. The summed E-state index contributed by atoms with van der Waals surface area (Å²) in [5.74, 6) is 0.630. The van der Waals surface area contributed by atoms with Gasteiger partial charge in [0.2, 0.25) is 5.16 Å². The van der Waals surface area contributed by atoms with E-state index in [1.807, 2.05) is 54.6 Å². The van der Waals surface area contributed by atoms with Crippen LogP contribution in [0.5, 0.6) is 0 Å². The molecule has 0 unspecified atom stereocenters. The fraction of sp³-hybridized carbons (Fsp3) is 0.0833. The van der Waals surface area contributed by atoms with Crippen LogP contribution < -0.4 is 0 Å². The van der Waals surface area contributed by atoms with Crippen molar-refractivity contribution < 1.29 is 0 Å². The molecule has 0 aliphatic rings. The minimum absolute atomic E-state index is 0.611. The van der Waals surface area contributed by atoms with Gasteiger partial charge in [-0.1, -0.05) is 84.6 Å². The van der Waals surface area contributed by atoms with Crippen molar-refractivity contribution in [1.29, 1.82) is 0 Å². The average molecular weight is 408 g/mol. The monoisotopic (exact) mass is 407 g/mol. The van der Waals surface area contributed by atoms with Gasteiger partial charge in [-0.05, 0) is 17.2 Å². The van der Waals surface area contributed by atoms with Crippen molar-refractivity contribution in [3.05, 3.63) is 101 Å². The quantitative estimate of drug-likeness (QED) is 0.270. The van der Waals surface area contributed by atoms with E-state index in [2.05, 4.69) is 43.9 Å². The van der Waals surface area contributed by atoms with E-state index >= 15 is 0 Å². The van der Waals surface area contributed by atoms with Crippen LogP contribution in [0, 0.1) is 6.57 Å². The van der Waals surface area contributed by atoms with Gasteiger partial charge in [0.15, 0.2) is 11.3 Å². The molecule has 0 amide bonds. The molecule has 5 nitrogen and oxygen atoms in total. The summed E-state index contributed by atoms with van der Waals surface area (Å²) in [7, 11) is 0. The maximum atomic E-state index is 7.34. The van der Waals surface area contributed by atoms with Crippen molar-refractivity contribution in [2.24, 2.45) is 0 Å². The molecule has 0 bridgehead atoms. The number of thioether (sulfide) groups is 1. The Bertz CT molecular complexity index is 1390. The molecule has 5 rings (SSSR count). The predicted octanol–water partition coefficient (Wildman–Crippen LogP) is 5.87. The Morgan fingerprint density at radius 3 is 2.50 bits per heavy atom. The summed E-state index contributed by atoms with van der Waals surface area (Å²) < 4.78 is 2.20. The first-order valence-corrected chi connectivity index (χ1v) is 10.6. The molecule has 0 radical (unpaired) electrons. The second-order valence-electron chi connectivity index (χ2n) is 6.88. The number of rotatable bonds is 5. The molecule has 0 N–H and O–H groups in total. The number of fused-ring (bicyclic) bond motifs is 3. The lowest BCUT2D eigenvalue weighted by molar-refractivity contribution is 0.814. The van der Waals surface area contributed by atoms with Gasteiger partial charge in [0.25, 0.3) is 0 Å². The van der Waals surface area contributed by atoms with Gasteiger partial charge in [-0.15, -0.1) is 10.2 Å². The van der Waals surface area contributed by atoms with Gasteiger partial charge in [-0.25, -0.2) is 9.83 Å². The molecule has 2 heterocycles. The number of nitrogens with zero attached hydrogens (tertiary/aromatic N) is 5. The Hall–Kier alpha value is -3.69. The molecule has 0 saturated carbocycles. The van der Waals surface area contributed by atoms with E-state index in [0.717, 1.165) is 27.6 Å². The third-order valence-corrected chi connectivity index (χ3v) is 5.89. The highest BCUT2D eigenvalue weighted by molar-refractivity contribution is 7.98. The largest absolute Gasteiger partial charge is 0.319 e. The zero-order valence-electron chi connectivity index (χ0n) is 16.1. The van der Waals surface area contributed by atoms with Gasteiger partial charge in [0.05, 0.1) is 12.1 Å². The first-order chi connectivity index (χ1) is 14.8. The van der Waals surface area contributed by atoms with E-state index in [1.54, 1.807) is 0 Å². The highest BCUT2D eigenvalue weighted by atomic mass is 32.2. The number of hydrogen-bond donors (Lipinski definition) is 0.